The van der Waals surface area contributed by atoms with Gasteiger partial charge in [0.05, 0.1) is 17.6 Å². The lowest BCUT2D eigenvalue weighted by atomic mass is 9.97. The molecule has 2 aliphatic heterocycles. The van der Waals surface area contributed by atoms with Gasteiger partial charge >= 0.3 is 6.09 Å². The number of halogens is 2. The van der Waals surface area contributed by atoms with Gasteiger partial charge in [0.2, 0.25) is 11.8 Å². The third-order valence-corrected chi connectivity index (χ3v) is 7.24. The van der Waals surface area contributed by atoms with Crippen molar-refractivity contribution in [2.24, 2.45) is 5.92 Å². The van der Waals surface area contributed by atoms with Gasteiger partial charge in [0, 0.05) is 48.5 Å². The van der Waals surface area contributed by atoms with Gasteiger partial charge in [0.25, 0.3) is 0 Å². The van der Waals surface area contributed by atoms with E-state index in [0.717, 1.165) is 10.5 Å². The number of nitrogens with one attached hydrogen (secondary N) is 1. The molecule has 3 aromatic rings. The molecule has 1 saturated carbocycles. The van der Waals surface area contributed by atoms with Crippen molar-refractivity contribution in [3.05, 3.63) is 35.9 Å². The first-order valence-corrected chi connectivity index (χ1v) is 11.9. The number of nitrogen functional groups attached to an aromatic ring is 1. The highest BCUT2D eigenvalue weighted by Crippen LogP contribution is 2.40. The summed E-state index contributed by atoms with van der Waals surface area (Å²) >= 11 is 0. The standard InChI is InChI=1S/C25H24F2N6O4/c1-11-16(7-31-23-22(11)29-2-3-37-23)14-4-12-5-19(30-8-17(12)21(28)20(14)27)33(25(35)36)13-9-32(10-13)24(34)15-6-18(15)26/h4-5,7-8,13,15,18,29H,2-3,6,9-10,28H2,1H3,(H,35,36)/t15-,18-/m1/s1. The van der Waals surface area contributed by atoms with Crippen molar-refractivity contribution in [2.75, 3.05) is 42.2 Å². The molecule has 0 unspecified atom stereocenters. The summed E-state index contributed by atoms with van der Waals surface area (Å²) in [5.41, 5.74) is 8.20. The smallest absolute Gasteiger partial charge is 0.413 e. The van der Waals surface area contributed by atoms with E-state index in [2.05, 4.69) is 15.3 Å². The summed E-state index contributed by atoms with van der Waals surface area (Å²) in [6.45, 7) is 3.22. The van der Waals surface area contributed by atoms with Gasteiger partial charge in [-0.2, -0.15) is 0 Å². The molecule has 37 heavy (non-hydrogen) atoms. The van der Waals surface area contributed by atoms with E-state index in [4.69, 9.17) is 10.5 Å². The molecule has 2 atom stereocenters. The molecular weight excluding hydrogens is 486 g/mol. The molecule has 1 aromatic carbocycles. The number of carbonyl (C=O) groups is 2. The number of carboxylic acid groups (broad SMARTS) is 1. The lowest BCUT2D eigenvalue weighted by Gasteiger charge is -2.43. The van der Waals surface area contributed by atoms with Crippen LogP contribution in [0.25, 0.3) is 21.9 Å². The number of hydrogen-bond acceptors (Lipinski definition) is 7. The number of pyridine rings is 2. The Balaban J connectivity index is 1.35. The van der Waals surface area contributed by atoms with Crippen LogP contribution < -0.4 is 20.7 Å². The number of aromatic nitrogens is 2. The van der Waals surface area contributed by atoms with Crippen molar-refractivity contribution in [1.82, 2.24) is 14.9 Å². The Bertz CT molecular complexity index is 1460. The number of hydrogen-bond donors (Lipinski definition) is 3. The summed E-state index contributed by atoms with van der Waals surface area (Å²) in [4.78, 5) is 35.5. The molecule has 1 aliphatic carbocycles. The number of anilines is 3. The average molecular weight is 511 g/mol. The van der Waals surface area contributed by atoms with E-state index >= 15 is 4.39 Å². The lowest BCUT2D eigenvalue weighted by Crippen LogP contribution is -2.63. The Morgan fingerprint density at radius 1 is 1.24 bits per heavy atom. The van der Waals surface area contributed by atoms with E-state index in [1.54, 1.807) is 6.07 Å². The van der Waals surface area contributed by atoms with Gasteiger partial charge in [0.15, 0.2) is 5.82 Å². The molecule has 12 heteroatoms. The second-order valence-electron chi connectivity index (χ2n) is 9.58. The van der Waals surface area contributed by atoms with Crippen molar-refractivity contribution >= 4 is 40.0 Å². The monoisotopic (exact) mass is 510 g/mol. The van der Waals surface area contributed by atoms with Crippen LogP contribution in [0.4, 0.5) is 30.8 Å². The lowest BCUT2D eigenvalue weighted by molar-refractivity contribution is -0.137. The van der Waals surface area contributed by atoms with E-state index < -0.39 is 30.0 Å². The fourth-order valence-electron chi connectivity index (χ4n) is 5.00. The minimum absolute atomic E-state index is 0.111. The summed E-state index contributed by atoms with van der Waals surface area (Å²) in [7, 11) is 0. The number of fused-ring (bicyclic) bond motifs is 2. The van der Waals surface area contributed by atoms with Crippen LogP contribution in [-0.2, 0) is 4.79 Å². The van der Waals surface area contributed by atoms with E-state index in [1.165, 1.54) is 23.4 Å². The summed E-state index contributed by atoms with van der Waals surface area (Å²) in [6.07, 6.45) is 0.738. The third-order valence-electron chi connectivity index (χ3n) is 7.24. The first kappa shape index (κ1) is 23.2. The zero-order valence-electron chi connectivity index (χ0n) is 19.9. The molecule has 4 heterocycles. The first-order valence-electron chi connectivity index (χ1n) is 11.9. The molecule has 0 radical (unpaired) electrons. The number of benzene rings is 1. The Hall–Kier alpha value is -4.22. The molecule has 6 rings (SSSR count). The van der Waals surface area contributed by atoms with E-state index in [-0.39, 0.29) is 42.5 Å². The van der Waals surface area contributed by atoms with E-state index in [0.29, 0.717) is 41.1 Å². The normalized spacial score (nSPS) is 20.5. The number of nitrogens with zero attached hydrogens (tertiary/aromatic N) is 4. The predicted octanol–water partition coefficient (Wildman–Crippen LogP) is 3.18. The fraction of sp³-hybridized carbons (Fsp3) is 0.360. The Labute approximate surface area is 210 Å². The highest BCUT2D eigenvalue weighted by molar-refractivity contribution is 6.00. The van der Waals surface area contributed by atoms with Crippen LogP contribution in [0.1, 0.15) is 12.0 Å². The predicted molar refractivity (Wildman–Crippen MR) is 132 cm³/mol. The highest BCUT2D eigenvalue weighted by Gasteiger charge is 2.49. The molecule has 4 N–H and O–H groups in total. The van der Waals surface area contributed by atoms with Gasteiger partial charge in [-0.05, 0) is 36.4 Å². The number of likely N-dealkylation sites (tertiary alicyclic amines) is 1. The maximum Gasteiger partial charge on any atom is 0.413 e. The number of alkyl halides is 1. The van der Waals surface area contributed by atoms with Gasteiger partial charge in [-0.15, -0.1) is 0 Å². The number of nitrogens with two attached hydrogens (primary N) is 1. The first-order chi connectivity index (χ1) is 17.7. The van der Waals surface area contributed by atoms with Gasteiger partial charge < -0.3 is 25.8 Å². The van der Waals surface area contributed by atoms with E-state index in [9.17, 15) is 19.1 Å². The fourth-order valence-corrected chi connectivity index (χ4v) is 5.00. The largest absolute Gasteiger partial charge is 0.474 e. The van der Waals surface area contributed by atoms with Crippen LogP contribution in [0.3, 0.4) is 0 Å². The van der Waals surface area contributed by atoms with Crippen molar-refractivity contribution < 1.29 is 28.2 Å². The highest BCUT2D eigenvalue weighted by atomic mass is 19.1. The number of amides is 2. The summed E-state index contributed by atoms with van der Waals surface area (Å²) in [5, 5.41) is 14.0. The maximum atomic E-state index is 15.4. The molecule has 3 aliphatic rings. The molecule has 2 amide bonds. The zero-order valence-corrected chi connectivity index (χ0v) is 19.9. The Morgan fingerprint density at radius 2 is 2.00 bits per heavy atom. The van der Waals surface area contributed by atoms with Gasteiger partial charge in [-0.25, -0.2) is 23.5 Å². The average Bonchev–Trinajstić information content (AvgIpc) is 3.59. The quantitative estimate of drug-likeness (QED) is 0.456. The van der Waals surface area contributed by atoms with Gasteiger partial charge in [-0.1, -0.05) is 0 Å². The van der Waals surface area contributed by atoms with Gasteiger partial charge in [-0.3, -0.25) is 9.69 Å². The zero-order chi connectivity index (χ0) is 26.0. The minimum atomic E-state index is -1.24. The Kier molecular flexibility index (Phi) is 5.28. The van der Waals surface area contributed by atoms with Crippen LogP contribution in [0, 0.1) is 18.7 Å². The molecule has 0 bridgehead atoms. The van der Waals surface area contributed by atoms with Crippen LogP contribution in [0.2, 0.25) is 0 Å². The second-order valence-corrected chi connectivity index (χ2v) is 9.58. The molecule has 192 valence electrons. The van der Waals surface area contributed by atoms with E-state index in [1.807, 2.05) is 6.92 Å². The Morgan fingerprint density at radius 3 is 2.70 bits per heavy atom. The summed E-state index contributed by atoms with van der Waals surface area (Å²) < 4.78 is 34.2. The van der Waals surface area contributed by atoms with Crippen molar-refractivity contribution in [3.8, 4) is 17.0 Å². The molecule has 1 saturated heterocycles. The van der Waals surface area contributed by atoms with Crippen LogP contribution >= 0.6 is 0 Å². The third kappa shape index (κ3) is 3.74. The number of ether oxygens (including phenoxy) is 1. The van der Waals surface area contributed by atoms with Crippen molar-refractivity contribution in [1.29, 1.82) is 0 Å². The maximum absolute atomic E-state index is 15.4. The number of rotatable bonds is 4. The van der Waals surface area contributed by atoms with Crippen LogP contribution in [0.5, 0.6) is 5.88 Å². The molecule has 2 aromatic heterocycles. The SMILES string of the molecule is Cc1c(-c2cc3cc(N(C(=O)O)C4CN(C(=O)[C@@H]5C[C@H]5F)C4)ncc3c(N)c2F)cnc2c1NCCO2. The topological polar surface area (TPSA) is 134 Å². The van der Waals surface area contributed by atoms with Crippen LogP contribution in [0.15, 0.2) is 24.5 Å². The summed E-state index contributed by atoms with van der Waals surface area (Å²) in [5.74, 6) is -0.959. The molecule has 0 spiro atoms. The summed E-state index contributed by atoms with van der Waals surface area (Å²) in [6, 6.07) is 2.60. The van der Waals surface area contributed by atoms with Crippen molar-refractivity contribution in [2.45, 2.75) is 25.6 Å². The van der Waals surface area contributed by atoms with Crippen LogP contribution in [-0.4, -0.2) is 70.4 Å². The number of carbonyl (C=O) groups excluding carboxylic acids is 1. The molecule has 10 nitrogen and oxygen atoms in total. The molecule has 2 fully saturated rings. The molecular formula is C25H24F2N6O4. The van der Waals surface area contributed by atoms with Gasteiger partial charge in [0.1, 0.15) is 24.3 Å². The second kappa shape index (κ2) is 8.43. The van der Waals surface area contributed by atoms with Crippen molar-refractivity contribution in [3.63, 3.8) is 0 Å². The minimum Gasteiger partial charge on any atom is -0.474 e.